The van der Waals surface area contributed by atoms with Crippen molar-refractivity contribution in [2.24, 2.45) is 0 Å². The second-order valence-corrected chi connectivity index (χ2v) is 3.35. The average Bonchev–Trinajstić information content (AvgIpc) is 2.26. The van der Waals surface area contributed by atoms with Gasteiger partial charge in [0.25, 0.3) is 0 Å². The van der Waals surface area contributed by atoms with E-state index in [9.17, 15) is 0 Å². The lowest BCUT2D eigenvalue weighted by atomic mass is 10.1. The quantitative estimate of drug-likeness (QED) is 0.756. The van der Waals surface area contributed by atoms with Gasteiger partial charge in [0.05, 0.1) is 0 Å². The Balaban J connectivity index is 3.00. The molecule has 0 radical (unpaired) electrons. The molecule has 0 atom stereocenters. The van der Waals surface area contributed by atoms with E-state index >= 15 is 0 Å². The van der Waals surface area contributed by atoms with Crippen molar-refractivity contribution < 1.29 is 0 Å². The Morgan fingerprint density at radius 2 is 1.86 bits per heavy atom. The average molecular weight is 189 g/mol. The van der Waals surface area contributed by atoms with Crippen molar-refractivity contribution in [1.29, 1.82) is 0 Å². The zero-order valence-electron chi connectivity index (χ0n) is 9.30. The first kappa shape index (κ1) is 10.8. The molecule has 1 aromatic carbocycles. The molecule has 0 unspecified atom stereocenters. The van der Waals surface area contributed by atoms with Crippen LogP contribution in [0.2, 0.25) is 0 Å². The van der Waals surface area contributed by atoms with Gasteiger partial charge >= 0.3 is 0 Å². The van der Waals surface area contributed by atoms with E-state index in [0.29, 0.717) is 0 Å². The Bertz CT molecular complexity index is 307. The highest BCUT2D eigenvalue weighted by Crippen LogP contribution is 2.19. The Labute approximate surface area is 86.8 Å². The summed E-state index contributed by atoms with van der Waals surface area (Å²) in [5.41, 5.74) is 3.98. The van der Waals surface area contributed by atoms with Crippen molar-refractivity contribution in [2.75, 3.05) is 12.4 Å². The molecule has 14 heavy (non-hydrogen) atoms. The molecule has 0 spiro atoms. The molecule has 1 rings (SSSR count). The lowest BCUT2D eigenvalue weighted by Gasteiger charge is -2.06. The molecule has 0 saturated heterocycles. The van der Waals surface area contributed by atoms with Gasteiger partial charge in [-0.1, -0.05) is 43.7 Å². The molecule has 0 saturated carbocycles. The largest absolute Gasteiger partial charge is 0.388 e. The molecule has 0 amide bonds. The number of rotatable bonds is 4. The number of nitrogens with one attached hydrogen (secondary N) is 1. The van der Waals surface area contributed by atoms with Gasteiger partial charge in [-0.15, -0.1) is 0 Å². The van der Waals surface area contributed by atoms with Gasteiger partial charge in [-0.05, 0) is 24.5 Å². The summed E-state index contributed by atoms with van der Waals surface area (Å²) >= 11 is 0. The van der Waals surface area contributed by atoms with Gasteiger partial charge in [0.15, 0.2) is 0 Å². The van der Waals surface area contributed by atoms with E-state index < -0.39 is 0 Å². The summed E-state index contributed by atoms with van der Waals surface area (Å²) < 4.78 is 0. The summed E-state index contributed by atoms with van der Waals surface area (Å²) in [5, 5.41) is 3.20. The fourth-order valence-corrected chi connectivity index (χ4v) is 1.52. The van der Waals surface area contributed by atoms with E-state index in [4.69, 9.17) is 0 Å². The first-order chi connectivity index (χ1) is 6.81. The van der Waals surface area contributed by atoms with Crippen molar-refractivity contribution >= 4 is 11.8 Å². The van der Waals surface area contributed by atoms with Crippen molar-refractivity contribution in [1.82, 2.24) is 0 Å². The number of hydrogen-bond donors (Lipinski definition) is 1. The molecule has 1 nitrogen and oxygen atoms in total. The van der Waals surface area contributed by atoms with Crippen molar-refractivity contribution in [3.05, 3.63) is 35.4 Å². The maximum absolute atomic E-state index is 3.20. The normalized spacial score (nSPS) is 9.64. The molecule has 1 N–H and O–H groups in total. The van der Waals surface area contributed by atoms with Crippen LogP contribution in [0.1, 0.15) is 32.3 Å². The summed E-state index contributed by atoms with van der Waals surface area (Å²) in [4.78, 5) is 0. The third-order valence-corrected chi connectivity index (χ3v) is 2.50. The van der Waals surface area contributed by atoms with Gasteiger partial charge in [0, 0.05) is 12.7 Å². The maximum Gasteiger partial charge on any atom is 0.0411 e. The first-order valence-electron chi connectivity index (χ1n) is 5.28. The van der Waals surface area contributed by atoms with Crippen molar-refractivity contribution in [3.63, 3.8) is 0 Å². The molecular weight excluding hydrogens is 170 g/mol. The van der Waals surface area contributed by atoms with Gasteiger partial charge in [0.1, 0.15) is 0 Å². The standard InChI is InChI=1S/C13H19N/c1-4-11(5-2)10-12-8-6-7-9-13(12)14-3/h6-10,14H,4-5H2,1-3H3. The first-order valence-corrected chi connectivity index (χ1v) is 5.28. The molecule has 0 bridgehead atoms. The Hall–Kier alpha value is -1.24. The van der Waals surface area contributed by atoms with Crippen molar-refractivity contribution in [3.8, 4) is 0 Å². The van der Waals surface area contributed by atoms with E-state index in [1.165, 1.54) is 16.8 Å². The third kappa shape index (κ3) is 2.63. The highest BCUT2D eigenvalue weighted by atomic mass is 14.8. The second kappa shape index (κ2) is 5.48. The predicted molar refractivity (Wildman–Crippen MR) is 64.5 cm³/mol. The van der Waals surface area contributed by atoms with Crippen LogP contribution in [0.15, 0.2) is 29.8 Å². The number of benzene rings is 1. The van der Waals surface area contributed by atoms with Crippen LogP contribution in [-0.2, 0) is 0 Å². The predicted octanol–water partition coefficient (Wildman–Crippen LogP) is 3.93. The molecule has 1 aromatic rings. The molecule has 0 aliphatic heterocycles. The highest BCUT2D eigenvalue weighted by Gasteiger charge is 1.97. The van der Waals surface area contributed by atoms with Gasteiger partial charge in [-0.3, -0.25) is 0 Å². The van der Waals surface area contributed by atoms with Crippen LogP contribution in [0.3, 0.4) is 0 Å². The van der Waals surface area contributed by atoms with E-state index in [1.54, 1.807) is 0 Å². The molecule has 0 aromatic heterocycles. The Kier molecular flexibility index (Phi) is 4.24. The van der Waals surface area contributed by atoms with E-state index in [-0.39, 0.29) is 0 Å². The smallest absolute Gasteiger partial charge is 0.0411 e. The third-order valence-electron chi connectivity index (χ3n) is 2.50. The van der Waals surface area contributed by atoms with Crippen LogP contribution in [-0.4, -0.2) is 7.05 Å². The van der Waals surface area contributed by atoms with Gasteiger partial charge in [-0.25, -0.2) is 0 Å². The molecular formula is C13H19N. The van der Waals surface area contributed by atoms with Crippen LogP contribution in [0.25, 0.3) is 6.08 Å². The molecule has 76 valence electrons. The molecule has 1 heteroatoms. The SMILES string of the molecule is CCC(=Cc1ccccc1NC)CC. The molecule has 0 heterocycles. The molecule has 0 aliphatic carbocycles. The number of para-hydroxylation sites is 1. The minimum absolute atomic E-state index is 1.13. The number of allylic oxidation sites excluding steroid dienone is 1. The highest BCUT2D eigenvalue weighted by molar-refractivity contribution is 5.67. The Morgan fingerprint density at radius 1 is 1.21 bits per heavy atom. The summed E-state index contributed by atoms with van der Waals surface area (Å²) in [6.07, 6.45) is 4.55. The van der Waals surface area contributed by atoms with Crippen LogP contribution in [0.4, 0.5) is 5.69 Å². The monoisotopic (exact) mass is 189 g/mol. The lowest BCUT2D eigenvalue weighted by molar-refractivity contribution is 0.990. The summed E-state index contributed by atoms with van der Waals surface area (Å²) in [6.45, 7) is 4.41. The van der Waals surface area contributed by atoms with Gasteiger partial charge < -0.3 is 5.32 Å². The minimum atomic E-state index is 1.13. The van der Waals surface area contributed by atoms with Crippen LogP contribution < -0.4 is 5.32 Å². The van der Waals surface area contributed by atoms with Gasteiger partial charge in [0.2, 0.25) is 0 Å². The van der Waals surface area contributed by atoms with Crippen LogP contribution in [0.5, 0.6) is 0 Å². The van der Waals surface area contributed by atoms with E-state index in [0.717, 1.165) is 12.8 Å². The topological polar surface area (TPSA) is 12.0 Å². The fourth-order valence-electron chi connectivity index (χ4n) is 1.52. The fraction of sp³-hybridized carbons (Fsp3) is 0.385. The molecule has 0 fully saturated rings. The van der Waals surface area contributed by atoms with E-state index in [2.05, 4.69) is 49.5 Å². The number of anilines is 1. The summed E-state index contributed by atoms with van der Waals surface area (Å²) in [6, 6.07) is 8.39. The van der Waals surface area contributed by atoms with Crippen LogP contribution >= 0.6 is 0 Å². The van der Waals surface area contributed by atoms with Gasteiger partial charge in [-0.2, -0.15) is 0 Å². The summed E-state index contributed by atoms with van der Waals surface area (Å²) in [5.74, 6) is 0. The Morgan fingerprint density at radius 3 is 2.43 bits per heavy atom. The zero-order valence-corrected chi connectivity index (χ0v) is 9.30. The second-order valence-electron chi connectivity index (χ2n) is 3.35. The van der Waals surface area contributed by atoms with Crippen molar-refractivity contribution in [2.45, 2.75) is 26.7 Å². The lowest BCUT2D eigenvalue weighted by Crippen LogP contribution is -1.91. The van der Waals surface area contributed by atoms with Crippen LogP contribution in [0, 0.1) is 0 Å². The maximum atomic E-state index is 3.20. The summed E-state index contributed by atoms with van der Waals surface area (Å²) in [7, 11) is 1.96. The minimum Gasteiger partial charge on any atom is -0.388 e. The molecule has 0 aliphatic rings. The number of hydrogen-bond acceptors (Lipinski definition) is 1. The zero-order chi connectivity index (χ0) is 10.4. The van der Waals surface area contributed by atoms with E-state index in [1.807, 2.05) is 7.05 Å².